The molecule has 0 aromatic heterocycles. The van der Waals surface area contributed by atoms with Gasteiger partial charge in [0, 0.05) is 25.6 Å². The van der Waals surface area contributed by atoms with Crippen LogP contribution in [-0.2, 0) is 19.9 Å². The van der Waals surface area contributed by atoms with Crippen LogP contribution < -0.4 is 10.2 Å². The van der Waals surface area contributed by atoms with Gasteiger partial charge in [0.1, 0.15) is 0 Å². The molecule has 1 aliphatic rings. The molecule has 0 unspecified atom stereocenters. The number of nitrogens with zero attached hydrogens (tertiary/aromatic N) is 1. The van der Waals surface area contributed by atoms with Crippen molar-refractivity contribution in [2.45, 2.75) is 12.5 Å². The first-order valence-electron chi connectivity index (χ1n) is 6.00. The van der Waals surface area contributed by atoms with Crippen molar-refractivity contribution in [1.82, 2.24) is 0 Å². The first-order valence-corrected chi connectivity index (χ1v) is 6.38. The molecule has 1 aromatic carbocycles. The van der Waals surface area contributed by atoms with Gasteiger partial charge in [0.15, 0.2) is 5.16 Å². The Balaban J connectivity index is 2.68. The summed E-state index contributed by atoms with van der Waals surface area (Å²) in [6.45, 7) is 1.26. The summed E-state index contributed by atoms with van der Waals surface area (Å²) in [5.41, 5.74) is -0.256. The molecule has 5 nitrogen and oxygen atoms in total. The highest BCUT2D eigenvalue weighted by Crippen LogP contribution is 2.43. The molecule has 0 radical (unpaired) electrons. The maximum Gasteiger partial charge on any atom is 0.304 e. The highest BCUT2D eigenvalue weighted by atomic mass is 35.5. The van der Waals surface area contributed by atoms with Crippen molar-refractivity contribution < 1.29 is 19.6 Å². The minimum atomic E-state index is -1.53. The maximum atomic E-state index is 12.6. The van der Waals surface area contributed by atoms with E-state index < -0.39 is 11.6 Å². The van der Waals surface area contributed by atoms with Gasteiger partial charge in [-0.05, 0) is 17.7 Å². The fraction of sp³-hybridized carbons (Fsp3) is 0.214. The second-order valence-corrected chi connectivity index (χ2v) is 4.88. The largest absolute Gasteiger partial charge is 0.439 e. The van der Waals surface area contributed by atoms with Crippen LogP contribution >= 0.6 is 11.6 Å². The minimum Gasteiger partial charge on any atom is -0.439 e. The summed E-state index contributed by atoms with van der Waals surface area (Å²) in [6.07, 6.45) is 1.41. The fourth-order valence-corrected chi connectivity index (χ4v) is 2.45. The molecule has 1 amide bonds. The van der Waals surface area contributed by atoms with Crippen LogP contribution in [0.1, 0.15) is 12.5 Å². The van der Waals surface area contributed by atoms with E-state index in [1.165, 1.54) is 23.2 Å². The molecular weight excluding hydrogens is 280 g/mol. The number of para-hydroxylation sites is 1. The number of halogens is 1. The molecule has 1 atom stereocenters. The smallest absolute Gasteiger partial charge is 0.304 e. The lowest BCUT2D eigenvalue weighted by Crippen LogP contribution is -2.73. The molecule has 0 saturated heterocycles. The van der Waals surface area contributed by atoms with Gasteiger partial charge in [-0.3, -0.25) is 9.59 Å². The molecule has 1 aromatic rings. The molecule has 0 bridgehead atoms. The van der Waals surface area contributed by atoms with Crippen LogP contribution in [0.25, 0.3) is 0 Å². The van der Waals surface area contributed by atoms with Crippen LogP contribution in [0.15, 0.2) is 35.5 Å². The zero-order chi connectivity index (χ0) is 14.9. The molecule has 1 aliphatic heterocycles. The summed E-state index contributed by atoms with van der Waals surface area (Å²) < 4.78 is 5.34. The van der Waals surface area contributed by atoms with Crippen LogP contribution in [-0.4, -0.2) is 18.9 Å². The Morgan fingerprint density at radius 3 is 2.75 bits per heavy atom. The summed E-state index contributed by atoms with van der Waals surface area (Å²) in [5.74, 6) is -0.929. The second-order valence-electron chi connectivity index (χ2n) is 4.44. The number of hydrogen-bond donors (Lipinski definition) is 1. The Labute approximate surface area is 122 Å². The van der Waals surface area contributed by atoms with Crippen molar-refractivity contribution in [2.75, 3.05) is 11.9 Å². The topological polar surface area (TPSA) is 63.2 Å². The number of esters is 1. The number of hydrogen-bond acceptors (Lipinski definition) is 3. The van der Waals surface area contributed by atoms with Crippen LogP contribution in [0.2, 0.25) is 0 Å². The lowest BCUT2D eigenvalue weighted by molar-refractivity contribution is -0.532. The van der Waals surface area contributed by atoms with E-state index in [4.69, 9.17) is 16.3 Å². The van der Waals surface area contributed by atoms with Gasteiger partial charge < -0.3 is 15.0 Å². The van der Waals surface area contributed by atoms with E-state index in [-0.39, 0.29) is 11.1 Å². The molecule has 6 heteroatoms. The van der Waals surface area contributed by atoms with Gasteiger partial charge in [0.25, 0.3) is 5.91 Å². The SMILES string of the molecule is [CH2-][NH2+]/C(Cl)=C/[C@@]1(OC(C)=O)C(=O)N(C)c2ccccc21. The number of benzene rings is 1. The van der Waals surface area contributed by atoms with Crippen molar-refractivity contribution in [3.63, 3.8) is 0 Å². The third-order valence-corrected chi connectivity index (χ3v) is 3.39. The summed E-state index contributed by atoms with van der Waals surface area (Å²) in [4.78, 5) is 25.5. The molecule has 0 saturated carbocycles. The van der Waals surface area contributed by atoms with Crippen molar-refractivity contribution in [3.05, 3.63) is 48.1 Å². The molecule has 2 rings (SSSR count). The molecule has 1 heterocycles. The van der Waals surface area contributed by atoms with Gasteiger partial charge in [-0.1, -0.05) is 18.2 Å². The number of rotatable bonds is 3. The predicted molar refractivity (Wildman–Crippen MR) is 74.5 cm³/mol. The second kappa shape index (κ2) is 5.26. The Hall–Kier alpha value is -1.85. The van der Waals surface area contributed by atoms with E-state index >= 15 is 0 Å². The monoisotopic (exact) mass is 294 g/mol. The lowest BCUT2D eigenvalue weighted by atomic mass is 9.95. The lowest BCUT2D eigenvalue weighted by Gasteiger charge is -2.24. The Morgan fingerprint density at radius 1 is 1.50 bits per heavy atom. The van der Waals surface area contributed by atoms with Gasteiger partial charge >= 0.3 is 5.97 Å². The normalized spacial score (nSPS) is 21.9. The van der Waals surface area contributed by atoms with E-state index in [0.717, 1.165) is 0 Å². The van der Waals surface area contributed by atoms with Crippen molar-refractivity contribution >= 4 is 29.2 Å². The average Bonchev–Trinajstić information content (AvgIpc) is 2.62. The highest BCUT2D eigenvalue weighted by molar-refractivity contribution is 6.28. The van der Waals surface area contributed by atoms with Crippen LogP contribution in [0, 0.1) is 7.05 Å². The number of likely N-dealkylation sites (N-methyl/N-ethyl adjacent to an activating group) is 1. The number of nitrogens with two attached hydrogens (primary N) is 1. The number of ether oxygens (including phenoxy) is 1. The Kier molecular flexibility index (Phi) is 3.83. The molecular formula is C14H15ClN2O3. The number of carbonyl (C=O) groups excluding carboxylic acids is 2. The molecule has 106 valence electrons. The van der Waals surface area contributed by atoms with Gasteiger partial charge in [-0.15, -0.1) is 7.05 Å². The van der Waals surface area contributed by atoms with E-state index in [1.54, 1.807) is 25.2 Å². The third kappa shape index (κ3) is 2.19. The third-order valence-electron chi connectivity index (χ3n) is 3.13. The fourth-order valence-electron chi connectivity index (χ4n) is 2.30. The van der Waals surface area contributed by atoms with Gasteiger partial charge in [-0.25, -0.2) is 0 Å². The van der Waals surface area contributed by atoms with E-state index in [0.29, 0.717) is 11.3 Å². The number of anilines is 1. The summed E-state index contributed by atoms with van der Waals surface area (Å²) in [7, 11) is 5.17. The summed E-state index contributed by atoms with van der Waals surface area (Å²) in [6, 6.07) is 7.11. The van der Waals surface area contributed by atoms with Crippen LogP contribution in [0.5, 0.6) is 0 Å². The zero-order valence-corrected chi connectivity index (χ0v) is 12.0. The van der Waals surface area contributed by atoms with E-state index in [9.17, 15) is 9.59 Å². The van der Waals surface area contributed by atoms with Crippen molar-refractivity contribution in [2.24, 2.45) is 0 Å². The molecule has 0 spiro atoms. The average molecular weight is 295 g/mol. The molecule has 0 aliphatic carbocycles. The van der Waals surface area contributed by atoms with Gasteiger partial charge in [0.2, 0.25) is 5.60 Å². The minimum absolute atomic E-state index is 0.240. The standard InChI is InChI=1S/C14H15ClN2O3/c1-9(18)20-14(8-12(15)16-2)10-6-4-5-7-11(10)17(3)13(14)19/h4-8H,2,16H2,1,3H3/b12-8+/t14-/m0/s1. The number of quaternary nitrogens is 1. The maximum absolute atomic E-state index is 12.6. The first kappa shape index (κ1) is 14.6. The van der Waals surface area contributed by atoms with E-state index in [1.807, 2.05) is 6.07 Å². The van der Waals surface area contributed by atoms with Gasteiger partial charge in [0.05, 0.1) is 5.69 Å². The molecule has 2 N–H and O–H groups in total. The van der Waals surface area contributed by atoms with Crippen molar-refractivity contribution in [3.8, 4) is 0 Å². The van der Waals surface area contributed by atoms with Crippen LogP contribution in [0.3, 0.4) is 0 Å². The molecule has 0 fully saturated rings. The number of fused-ring (bicyclic) bond motifs is 1. The van der Waals surface area contributed by atoms with Crippen molar-refractivity contribution in [1.29, 1.82) is 0 Å². The predicted octanol–water partition coefficient (Wildman–Crippen LogP) is 0.857. The zero-order valence-electron chi connectivity index (χ0n) is 11.2. The number of carbonyl (C=O) groups is 2. The Morgan fingerprint density at radius 2 is 2.15 bits per heavy atom. The van der Waals surface area contributed by atoms with E-state index in [2.05, 4.69) is 7.05 Å². The van der Waals surface area contributed by atoms with Gasteiger partial charge in [-0.2, -0.15) is 0 Å². The summed E-state index contributed by atoms with van der Waals surface area (Å²) >= 11 is 5.98. The number of amides is 1. The quantitative estimate of drug-likeness (QED) is 0.511. The van der Waals surface area contributed by atoms with Crippen LogP contribution in [0.4, 0.5) is 5.69 Å². The summed E-state index contributed by atoms with van der Waals surface area (Å²) in [5, 5.41) is 1.63. The Bertz CT molecular complexity index is 600. The highest BCUT2D eigenvalue weighted by Gasteiger charge is 2.52. The first-order chi connectivity index (χ1) is 9.42. The molecule has 20 heavy (non-hydrogen) atoms.